The predicted molar refractivity (Wildman–Crippen MR) is 118 cm³/mol. The zero-order valence-corrected chi connectivity index (χ0v) is 17.9. The van der Waals surface area contributed by atoms with Crippen LogP contribution in [0.25, 0.3) is 16.7 Å². The maximum atomic E-state index is 12.7. The van der Waals surface area contributed by atoms with Crippen molar-refractivity contribution in [3.8, 4) is 5.75 Å². The van der Waals surface area contributed by atoms with Gasteiger partial charge in [-0.25, -0.2) is 0 Å². The zero-order chi connectivity index (χ0) is 21.3. The number of ether oxygens (including phenoxy) is 1. The number of hydrogen-bond donors (Lipinski definition) is 0. The number of nitrogens with zero attached hydrogens (tertiary/aromatic N) is 5. The Morgan fingerprint density at radius 3 is 2.70 bits per heavy atom. The number of rotatable bonds is 7. The largest absolute Gasteiger partial charge is 0.493 e. The molecule has 0 bridgehead atoms. The predicted octanol–water partition coefficient (Wildman–Crippen LogP) is 3.10. The van der Waals surface area contributed by atoms with Gasteiger partial charge in [-0.3, -0.25) is 18.7 Å². The smallest absolute Gasteiger partial charge is 0.262 e. The van der Waals surface area contributed by atoms with E-state index >= 15 is 0 Å². The SMILES string of the molecule is Cc1ccc2c(c1)c(=O)n(C)c1nnc(CN(C)CCCOc3ccccc3C)n21. The van der Waals surface area contributed by atoms with Gasteiger partial charge in [0.25, 0.3) is 5.56 Å². The Bertz CT molecular complexity index is 1260. The Morgan fingerprint density at radius 1 is 1.10 bits per heavy atom. The minimum Gasteiger partial charge on any atom is -0.493 e. The minimum atomic E-state index is -0.0538. The fraction of sp³-hybridized carbons (Fsp3) is 0.348. The van der Waals surface area contributed by atoms with Gasteiger partial charge in [-0.1, -0.05) is 29.8 Å². The summed E-state index contributed by atoms with van der Waals surface area (Å²) in [5.74, 6) is 2.31. The summed E-state index contributed by atoms with van der Waals surface area (Å²) in [6.45, 7) is 6.20. The summed E-state index contributed by atoms with van der Waals surface area (Å²) < 4.78 is 9.44. The second kappa shape index (κ2) is 8.28. The molecule has 0 amide bonds. The van der Waals surface area contributed by atoms with E-state index in [0.717, 1.165) is 41.2 Å². The van der Waals surface area contributed by atoms with E-state index in [1.54, 1.807) is 11.6 Å². The van der Waals surface area contributed by atoms with Crippen LogP contribution < -0.4 is 10.3 Å². The molecule has 0 aliphatic heterocycles. The normalized spacial score (nSPS) is 11.6. The molecule has 0 atom stereocenters. The van der Waals surface area contributed by atoms with Crippen LogP contribution in [0, 0.1) is 13.8 Å². The van der Waals surface area contributed by atoms with E-state index in [4.69, 9.17) is 4.74 Å². The molecule has 0 unspecified atom stereocenters. The van der Waals surface area contributed by atoms with Crippen molar-refractivity contribution in [2.45, 2.75) is 26.8 Å². The molecule has 0 saturated carbocycles. The summed E-state index contributed by atoms with van der Waals surface area (Å²) in [5.41, 5.74) is 2.99. The number of benzene rings is 2. The summed E-state index contributed by atoms with van der Waals surface area (Å²) in [6, 6.07) is 14.0. The van der Waals surface area contributed by atoms with E-state index in [2.05, 4.69) is 35.1 Å². The second-order valence-electron chi connectivity index (χ2n) is 7.84. The standard InChI is InChI=1S/C23H27N5O2/c1-16-10-11-19-18(14-16)22(29)27(4)23-25-24-21(28(19)23)15-26(3)12-7-13-30-20-9-6-5-8-17(20)2/h5-6,8-11,14H,7,12-13,15H2,1-4H3. The second-order valence-corrected chi connectivity index (χ2v) is 7.84. The molecule has 0 aliphatic carbocycles. The van der Waals surface area contributed by atoms with Gasteiger partial charge >= 0.3 is 0 Å². The van der Waals surface area contributed by atoms with Crippen molar-refractivity contribution < 1.29 is 4.74 Å². The summed E-state index contributed by atoms with van der Waals surface area (Å²) in [5, 5.41) is 9.33. The molecule has 30 heavy (non-hydrogen) atoms. The van der Waals surface area contributed by atoms with Crippen molar-refractivity contribution in [1.29, 1.82) is 0 Å². The first-order valence-corrected chi connectivity index (χ1v) is 10.2. The van der Waals surface area contributed by atoms with E-state index in [9.17, 15) is 4.79 Å². The Morgan fingerprint density at radius 2 is 1.90 bits per heavy atom. The van der Waals surface area contributed by atoms with Gasteiger partial charge in [0.05, 0.1) is 24.1 Å². The molecule has 4 aromatic rings. The number of aromatic nitrogens is 4. The molecule has 0 aliphatic rings. The van der Waals surface area contributed by atoms with Crippen LogP contribution in [0.5, 0.6) is 5.75 Å². The number of aryl methyl sites for hydroxylation is 3. The molecule has 0 N–H and O–H groups in total. The average molecular weight is 406 g/mol. The van der Waals surface area contributed by atoms with Crippen molar-refractivity contribution in [2.24, 2.45) is 7.05 Å². The zero-order valence-electron chi connectivity index (χ0n) is 17.9. The molecule has 0 fully saturated rings. The Balaban J connectivity index is 1.49. The van der Waals surface area contributed by atoms with Crippen molar-refractivity contribution >= 4 is 16.7 Å². The molecule has 0 radical (unpaired) electrons. The van der Waals surface area contributed by atoms with E-state index < -0.39 is 0 Å². The Hall–Kier alpha value is -3.19. The van der Waals surface area contributed by atoms with Crippen LogP contribution in [0.1, 0.15) is 23.4 Å². The van der Waals surface area contributed by atoms with Gasteiger partial charge in [0.15, 0.2) is 5.82 Å². The fourth-order valence-corrected chi connectivity index (χ4v) is 3.72. The molecule has 0 saturated heterocycles. The van der Waals surface area contributed by atoms with Gasteiger partial charge in [-0.05, 0) is 51.1 Å². The number of hydrogen-bond acceptors (Lipinski definition) is 5. The molecular formula is C23H27N5O2. The minimum absolute atomic E-state index is 0.0538. The summed E-state index contributed by atoms with van der Waals surface area (Å²) in [6.07, 6.45) is 0.903. The maximum absolute atomic E-state index is 12.7. The molecule has 7 heteroatoms. The topological polar surface area (TPSA) is 64.7 Å². The van der Waals surface area contributed by atoms with Gasteiger partial charge in [0, 0.05) is 13.6 Å². The van der Waals surface area contributed by atoms with E-state index in [1.807, 2.05) is 47.7 Å². The van der Waals surface area contributed by atoms with E-state index in [0.29, 0.717) is 24.3 Å². The van der Waals surface area contributed by atoms with Crippen LogP contribution in [0.3, 0.4) is 0 Å². The van der Waals surface area contributed by atoms with Crippen molar-refractivity contribution in [3.63, 3.8) is 0 Å². The first-order valence-electron chi connectivity index (χ1n) is 10.2. The van der Waals surface area contributed by atoms with E-state index in [-0.39, 0.29) is 5.56 Å². The monoisotopic (exact) mass is 405 g/mol. The maximum Gasteiger partial charge on any atom is 0.262 e. The molecule has 2 aromatic heterocycles. The fourth-order valence-electron chi connectivity index (χ4n) is 3.72. The number of fused-ring (bicyclic) bond motifs is 3. The molecule has 4 rings (SSSR count). The lowest BCUT2D eigenvalue weighted by atomic mass is 10.1. The van der Waals surface area contributed by atoms with Crippen LogP contribution in [-0.4, -0.2) is 44.3 Å². The molecular weight excluding hydrogens is 378 g/mol. The van der Waals surface area contributed by atoms with Crippen molar-refractivity contribution in [2.75, 3.05) is 20.2 Å². The first kappa shape index (κ1) is 20.1. The average Bonchev–Trinajstić information content (AvgIpc) is 3.14. The summed E-state index contributed by atoms with van der Waals surface area (Å²) in [7, 11) is 3.80. The van der Waals surface area contributed by atoms with Gasteiger partial charge in [0.1, 0.15) is 5.75 Å². The third kappa shape index (κ3) is 3.80. The summed E-state index contributed by atoms with van der Waals surface area (Å²) >= 11 is 0. The Kier molecular flexibility index (Phi) is 5.55. The van der Waals surface area contributed by atoms with Crippen LogP contribution in [0.2, 0.25) is 0 Å². The molecule has 7 nitrogen and oxygen atoms in total. The van der Waals surface area contributed by atoms with E-state index in [1.165, 1.54) is 0 Å². The van der Waals surface area contributed by atoms with Crippen LogP contribution in [0.15, 0.2) is 47.3 Å². The van der Waals surface area contributed by atoms with Crippen LogP contribution >= 0.6 is 0 Å². The van der Waals surface area contributed by atoms with Crippen molar-refractivity contribution in [3.05, 3.63) is 69.8 Å². The highest BCUT2D eigenvalue weighted by Crippen LogP contribution is 2.18. The molecule has 0 spiro atoms. The van der Waals surface area contributed by atoms with Crippen LogP contribution in [-0.2, 0) is 13.6 Å². The quantitative estimate of drug-likeness (QED) is 0.442. The Labute approximate surface area is 175 Å². The van der Waals surface area contributed by atoms with Gasteiger partial charge in [0.2, 0.25) is 5.78 Å². The third-order valence-electron chi connectivity index (χ3n) is 5.39. The molecule has 2 aromatic carbocycles. The molecule has 156 valence electrons. The third-order valence-corrected chi connectivity index (χ3v) is 5.39. The molecule has 2 heterocycles. The van der Waals surface area contributed by atoms with Crippen LogP contribution in [0.4, 0.5) is 0 Å². The summed E-state index contributed by atoms with van der Waals surface area (Å²) in [4.78, 5) is 14.9. The highest BCUT2D eigenvalue weighted by atomic mass is 16.5. The lowest BCUT2D eigenvalue weighted by Gasteiger charge is -2.17. The highest BCUT2D eigenvalue weighted by Gasteiger charge is 2.16. The lowest BCUT2D eigenvalue weighted by Crippen LogP contribution is -2.24. The first-order chi connectivity index (χ1) is 14.5. The highest BCUT2D eigenvalue weighted by molar-refractivity contribution is 5.81. The van der Waals surface area contributed by atoms with Gasteiger partial charge in [-0.2, -0.15) is 0 Å². The van der Waals surface area contributed by atoms with Gasteiger partial charge < -0.3 is 4.74 Å². The van der Waals surface area contributed by atoms with Crippen molar-refractivity contribution in [1.82, 2.24) is 24.1 Å². The number of para-hydroxylation sites is 1. The lowest BCUT2D eigenvalue weighted by molar-refractivity contribution is 0.254. The van der Waals surface area contributed by atoms with Gasteiger partial charge in [-0.15, -0.1) is 10.2 Å².